The molecule has 0 fully saturated rings. The van der Waals surface area contributed by atoms with E-state index in [1.165, 1.54) is 19.2 Å². The summed E-state index contributed by atoms with van der Waals surface area (Å²) in [6, 6.07) is 10.2. The smallest absolute Gasteiger partial charge is 0.341 e. The van der Waals surface area contributed by atoms with Gasteiger partial charge in [-0.1, -0.05) is 12.1 Å². The first-order valence-electron chi connectivity index (χ1n) is 7.49. The average molecular weight is 343 g/mol. The number of nitrogens with zero attached hydrogens (tertiary/aromatic N) is 1. The molecule has 0 radical (unpaired) electrons. The van der Waals surface area contributed by atoms with Gasteiger partial charge in [-0.25, -0.2) is 9.18 Å². The summed E-state index contributed by atoms with van der Waals surface area (Å²) in [7, 11) is 1.38. The van der Waals surface area contributed by atoms with E-state index in [0.717, 1.165) is 11.0 Å². The van der Waals surface area contributed by atoms with Gasteiger partial charge in [-0.2, -0.15) is 0 Å². The molecule has 7 heteroatoms. The predicted octanol–water partition coefficient (Wildman–Crippen LogP) is 2.29. The molecule has 0 bridgehead atoms. The molecule has 6 nitrogen and oxygen atoms in total. The molecular formula is C18H14FNO5. The van der Waals surface area contributed by atoms with Gasteiger partial charge < -0.3 is 9.47 Å². The van der Waals surface area contributed by atoms with Gasteiger partial charge in [0, 0.05) is 6.07 Å². The Hall–Kier alpha value is -3.22. The topological polar surface area (TPSA) is 72.9 Å². The number of carbonyl (C=O) groups excluding carboxylic acids is 3. The van der Waals surface area contributed by atoms with Crippen molar-refractivity contribution in [2.75, 3.05) is 20.3 Å². The highest BCUT2D eigenvalue weighted by Crippen LogP contribution is 2.22. The first-order chi connectivity index (χ1) is 12.0. The molecule has 3 rings (SSSR count). The summed E-state index contributed by atoms with van der Waals surface area (Å²) < 4.78 is 23.7. The summed E-state index contributed by atoms with van der Waals surface area (Å²) in [5.41, 5.74) is 0.392. The van der Waals surface area contributed by atoms with Gasteiger partial charge in [0.05, 0.1) is 30.3 Å². The van der Waals surface area contributed by atoms with Crippen LogP contribution in [0.15, 0.2) is 42.5 Å². The quantitative estimate of drug-likeness (QED) is 0.615. The SMILES string of the molecule is COc1ccc(C(=O)OCCN2C(=O)c3ccccc3C2=O)c(F)c1. The minimum Gasteiger partial charge on any atom is -0.497 e. The maximum Gasteiger partial charge on any atom is 0.341 e. The Kier molecular flexibility index (Phi) is 4.47. The van der Waals surface area contributed by atoms with Crippen LogP contribution in [0.1, 0.15) is 31.1 Å². The molecule has 0 aromatic heterocycles. The molecule has 1 heterocycles. The minimum absolute atomic E-state index is 0.101. The molecule has 0 spiro atoms. The van der Waals surface area contributed by atoms with Crippen LogP contribution in [-0.2, 0) is 4.74 Å². The number of esters is 1. The molecule has 0 unspecified atom stereocenters. The highest BCUT2D eigenvalue weighted by molar-refractivity contribution is 6.21. The van der Waals surface area contributed by atoms with Gasteiger partial charge in [0.1, 0.15) is 18.2 Å². The molecule has 0 aliphatic carbocycles. The summed E-state index contributed by atoms with van der Waals surface area (Å²) in [6.45, 7) is -0.328. The lowest BCUT2D eigenvalue weighted by Gasteiger charge is -2.14. The lowest BCUT2D eigenvalue weighted by molar-refractivity contribution is 0.0416. The molecule has 2 aromatic carbocycles. The van der Waals surface area contributed by atoms with E-state index in [4.69, 9.17) is 9.47 Å². The molecule has 1 aliphatic rings. The molecule has 2 aromatic rings. The number of rotatable bonds is 5. The fourth-order valence-electron chi connectivity index (χ4n) is 2.54. The largest absolute Gasteiger partial charge is 0.497 e. The standard InChI is InChI=1S/C18H14FNO5/c1-24-11-6-7-14(15(19)10-11)18(23)25-9-8-20-16(21)12-4-2-3-5-13(12)17(20)22/h2-7,10H,8-9H2,1H3. The van der Waals surface area contributed by atoms with Crippen LogP contribution in [0.3, 0.4) is 0 Å². The molecule has 0 saturated carbocycles. The third-order valence-electron chi connectivity index (χ3n) is 3.82. The number of hydrogen-bond acceptors (Lipinski definition) is 5. The number of amides is 2. The Bertz CT molecular complexity index is 829. The number of halogens is 1. The molecule has 25 heavy (non-hydrogen) atoms. The Labute approximate surface area is 142 Å². The van der Waals surface area contributed by atoms with Crippen molar-refractivity contribution in [1.29, 1.82) is 0 Å². The first-order valence-corrected chi connectivity index (χ1v) is 7.49. The van der Waals surface area contributed by atoms with Crippen molar-refractivity contribution in [3.63, 3.8) is 0 Å². The van der Waals surface area contributed by atoms with Crippen molar-refractivity contribution in [3.8, 4) is 5.75 Å². The zero-order valence-corrected chi connectivity index (χ0v) is 13.3. The van der Waals surface area contributed by atoms with E-state index in [0.29, 0.717) is 11.1 Å². The van der Waals surface area contributed by atoms with Crippen LogP contribution in [0.5, 0.6) is 5.75 Å². The van der Waals surface area contributed by atoms with Crippen molar-refractivity contribution in [3.05, 3.63) is 65.0 Å². The van der Waals surface area contributed by atoms with Gasteiger partial charge in [-0.05, 0) is 24.3 Å². The van der Waals surface area contributed by atoms with Gasteiger partial charge >= 0.3 is 5.97 Å². The number of benzene rings is 2. The van der Waals surface area contributed by atoms with E-state index in [9.17, 15) is 18.8 Å². The molecule has 128 valence electrons. The number of carbonyl (C=O) groups is 3. The molecule has 0 saturated heterocycles. The second-order valence-electron chi connectivity index (χ2n) is 5.29. The van der Waals surface area contributed by atoms with E-state index in [1.54, 1.807) is 24.3 Å². The Balaban J connectivity index is 1.61. The van der Waals surface area contributed by atoms with Gasteiger partial charge in [0.2, 0.25) is 0 Å². The van der Waals surface area contributed by atoms with Crippen LogP contribution in [0.25, 0.3) is 0 Å². The van der Waals surface area contributed by atoms with Gasteiger partial charge in [-0.15, -0.1) is 0 Å². The highest BCUT2D eigenvalue weighted by Gasteiger charge is 2.34. The van der Waals surface area contributed by atoms with Crippen LogP contribution in [0, 0.1) is 5.82 Å². The van der Waals surface area contributed by atoms with E-state index >= 15 is 0 Å². The maximum atomic E-state index is 13.8. The van der Waals surface area contributed by atoms with Crippen molar-refractivity contribution < 1.29 is 28.2 Å². The van der Waals surface area contributed by atoms with Crippen LogP contribution in [-0.4, -0.2) is 42.9 Å². The predicted molar refractivity (Wildman–Crippen MR) is 85.0 cm³/mol. The van der Waals surface area contributed by atoms with Crippen LogP contribution in [0.4, 0.5) is 4.39 Å². The third-order valence-corrected chi connectivity index (χ3v) is 3.82. The fourth-order valence-corrected chi connectivity index (χ4v) is 2.54. The average Bonchev–Trinajstić information content (AvgIpc) is 2.86. The number of methoxy groups -OCH3 is 1. The number of ether oxygens (including phenoxy) is 2. The van der Waals surface area contributed by atoms with Crippen LogP contribution in [0.2, 0.25) is 0 Å². The normalized spacial score (nSPS) is 13.0. The molecular weight excluding hydrogens is 329 g/mol. The van der Waals surface area contributed by atoms with Gasteiger partial charge in [0.25, 0.3) is 11.8 Å². The van der Waals surface area contributed by atoms with E-state index in [2.05, 4.69) is 0 Å². The Morgan fingerprint density at radius 3 is 2.28 bits per heavy atom. The maximum absolute atomic E-state index is 13.8. The van der Waals surface area contributed by atoms with Gasteiger partial charge in [-0.3, -0.25) is 14.5 Å². The summed E-state index contributed by atoms with van der Waals surface area (Å²) >= 11 is 0. The summed E-state index contributed by atoms with van der Waals surface area (Å²) in [4.78, 5) is 37.3. The fraction of sp³-hybridized carbons (Fsp3) is 0.167. The zero-order valence-electron chi connectivity index (χ0n) is 13.3. The highest BCUT2D eigenvalue weighted by atomic mass is 19.1. The van der Waals surface area contributed by atoms with Crippen molar-refractivity contribution in [2.45, 2.75) is 0 Å². The Morgan fingerprint density at radius 1 is 1.08 bits per heavy atom. The van der Waals surface area contributed by atoms with Crippen LogP contribution < -0.4 is 4.74 Å². The molecule has 0 atom stereocenters. The summed E-state index contributed by atoms with van der Waals surface area (Å²) in [5.74, 6) is -2.25. The number of fused-ring (bicyclic) bond motifs is 1. The Morgan fingerprint density at radius 2 is 1.72 bits per heavy atom. The van der Waals surface area contributed by atoms with Crippen molar-refractivity contribution >= 4 is 17.8 Å². The van der Waals surface area contributed by atoms with E-state index in [-0.39, 0.29) is 24.5 Å². The summed E-state index contributed by atoms with van der Waals surface area (Å²) in [5, 5.41) is 0. The molecule has 1 aliphatic heterocycles. The number of hydrogen-bond donors (Lipinski definition) is 0. The lowest BCUT2D eigenvalue weighted by atomic mass is 10.1. The summed E-state index contributed by atoms with van der Waals surface area (Å²) in [6.07, 6.45) is 0. The molecule has 2 amide bonds. The first kappa shape index (κ1) is 16.6. The zero-order chi connectivity index (χ0) is 18.0. The van der Waals surface area contributed by atoms with Crippen molar-refractivity contribution in [2.24, 2.45) is 0 Å². The van der Waals surface area contributed by atoms with Crippen LogP contribution >= 0.6 is 0 Å². The second kappa shape index (κ2) is 6.72. The molecule has 0 N–H and O–H groups in total. The monoisotopic (exact) mass is 343 g/mol. The van der Waals surface area contributed by atoms with E-state index in [1.807, 2.05) is 0 Å². The van der Waals surface area contributed by atoms with Crippen molar-refractivity contribution in [1.82, 2.24) is 4.90 Å². The van der Waals surface area contributed by atoms with E-state index < -0.39 is 23.6 Å². The second-order valence-corrected chi connectivity index (χ2v) is 5.29. The van der Waals surface area contributed by atoms with Gasteiger partial charge in [0.15, 0.2) is 0 Å². The lowest BCUT2D eigenvalue weighted by Crippen LogP contribution is -2.33. The minimum atomic E-state index is -0.878. The third kappa shape index (κ3) is 3.08. The number of imide groups is 1.